The lowest BCUT2D eigenvalue weighted by Crippen LogP contribution is -2.26. The Morgan fingerprint density at radius 1 is 1.44 bits per heavy atom. The molecule has 0 radical (unpaired) electrons. The molecule has 0 unspecified atom stereocenters. The van der Waals surface area contributed by atoms with Crippen molar-refractivity contribution in [3.63, 3.8) is 0 Å². The number of Topliss-reactive ketones (excluding diaryl/α,β-unsaturated/α-hetero) is 1. The Labute approximate surface area is 97.2 Å². The highest BCUT2D eigenvalue weighted by atomic mass is 16.1. The SMILES string of the molecule is CCN(CC)CCC(=O)Cc1cnn(C)c1. The highest BCUT2D eigenvalue weighted by molar-refractivity contribution is 5.80. The third-order valence-electron chi connectivity index (χ3n) is 2.76. The quantitative estimate of drug-likeness (QED) is 0.698. The summed E-state index contributed by atoms with van der Waals surface area (Å²) in [6.07, 6.45) is 4.80. The number of hydrogen-bond acceptors (Lipinski definition) is 3. The molecule has 0 N–H and O–H groups in total. The molecular weight excluding hydrogens is 202 g/mol. The summed E-state index contributed by atoms with van der Waals surface area (Å²) < 4.78 is 1.73. The van der Waals surface area contributed by atoms with Crippen LogP contribution in [-0.4, -0.2) is 40.1 Å². The Morgan fingerprint density at radius 2 is 2.12 bits per heavy atom. The van der Waals surface area contributed by atoms with Crippen LogP contribution < -0.4 is 0 Å². The first-order valence-electron chi connectivity index (χ1n) is 5.87. The van der Waals surface area contributed by atoms with Crippen LogP contribution in [-0.2, 0) is 18.3 Å². The first-order chi connectivity index (χ1) is 7.65. The van der Waals surface area contributed by atoms with Gasteiger partial charge >= 0.3 is 0 Å². The second kappa shape index (κ2) is 6.43. The van der Waals surface area contributed by atoms with Crippen molar-refractivity contribution in [2.75, 3.05) is 19.6 Å². The molecule has 16 heavy (non-hydrogen) atoms. The van der Waals surface area contributed by atoms with Crippen LogP contribution >= 0.6 is 0 Å². The Balaban J connectivity index is 2.31. The monoisotopic (exact) mass is 223 g/mol. The summed E-state index contributed by atoms with van der Waals surface area (Å²) in [7, 11) is 1.86. The molecule has 0 spiro atoms. The normalized spacial score (nSPS) is 11.0. The molecule has 4 heteroatoms. The number of hydrogen-bond donors (Lipinski definition) is 0. The van der Waals surface area contributed by atoms with E-state index in [1.54, 1.807) is 10.9 Å². The van der Waals surface area contributed by atoms with Gasteiger partial charge in [0.25, 0.3) is 0 Å². The van der Waals surface area contributed by atoms with E-state index in [-0.39, 0.29) is 0 Å². The minimum atomic E-state index is 0.292. The van der Waals surface area contributed by atoms with Crippen molar-refractivity contribution >= 4 is 5.78 Å². The van der Waals surface area contributed by atoms with Crippen LogP contribution in [0.1, 0.15) is 25.8 Å². The first-order valence-corrected chi connectivity index (χ1v) is 5.87. The molecule has 0 aromatic carbocycles. The summed E-state index contributed by atoms with van der Waals surface area (Å²) in [6, 6.07) is 0. The van der Waals surface area contributed by atoms with Gasteiger partial charge in [-0.15, -0.1) is 0 Å². The number of ketones is 1. The third-order valence-corrected chi connectivity index (χ3v) is 2.76. The minimum absolute atomic E-state index is 0.292. The molecular formula is C12H21N3O. The molecule has 90 valence electrons. The van der Waals surface area contributed by atoms with Crippen LogP contribution in [0.2, 0.25) is 0 Å². The van der Waals surface area contributed by atoms with Crippen LogP contribution in [0.3, 0.4) is 0 Å². The van der Waals surface area contributed by atoms with Crippen LogP contribution in [0.5, 0.6) is 0 Å². The molecule has 0 amide bonds. The van der Waals surface area contributed by atoms with E-state index < -0.39 is 0 Å². The second-order valence-corrected chi connectivity index (χ2v) is 4.01. The number of nitrogens with zero attached hydrogens (tertiary/aromatic N) is 3. The van der Waals surface area contributed by atoms with Gasteiger partial charge in [-0.05, 0) is 18.7 Å². The number of carbonyl (C=O) groups excluding carboxylic acids is 1. The molecule has 4 nitrogen and oxygen atoms in total. The fraction of sp³-hybridized carbons (Fsp3) is 0.667. The van der Waals surface area contributed by atoms with Gasteiger partial charge < -0.3 is 4.90 Å². The third kappa shape index (κ3) is 4.14. The van der Waals surface area contributed by atoms with Gasteiger partial charge in [0.05, 0.1) is 6.20 Å². The lowest BCUT2D eigenvalue weighted by Gasteiger charge is -2.16. The van der Waals surface area contributed by atoms with Gasteiger partial charge in [-0.3, -0.25) is 9.48 Å². The molecule has 0 atom stereocenters. The van der Waals surface area contributed by atoms with Gasteiger partial charge in [0.15, 0.2) is 0 Å². The number of rotatable bonds is 7. The predicted octanol–water partition coefficient (Wildman–Crippen LogP) is 1.26. The molecule has 0 saturated heterocycles. The summed E-state index contributed by atoms with van der Waals surface area (Å²) >= 11 is 0. The Bertz CT molecular complexity index is 329. The Kier molecular flexibility index (Phi) is 5.19. The number of carbonyl (C=O) groups is 1. The molecule has 0 aliphatic rings. The van der Waals surface area contributed by atoms with E-state index >= 15 is 0 Å². The minimum Gasteiger partial charge on any atom is -0.303 e. The summed E-state index contributed by atoms with van der Waals surface area (Å²) in [5.74, 6) is 0.292. The maximum absolute atomic E-state index is 11.7. The molecule has 1 aromatic rings. The largest absolute Gasteiger partial charge is 0.303 e. The van der Waals surface area contributed by atoms with Crippen molar-refractivity contribution < 1.29 is 4.79 Å². The summed E-state index contributed by atoms with van der Waals surface area (Å²) in [4.78, 5) is 14.0. The molecule has 0 saturated carbocycles. The zero-order valence-electron chi connectivity index (χ0n) is 10.4. The van der Waals surface area contributed by atoms with E-state index in [0.717, 1.165) is 25.2 Å². The molecule has 1 heterocycles. The van der Waals surface area contributed by atoms with Gasteiger partial charge in [0.2, 0.25) is 0 Å². The summed E-state index contributed by atoms with van der Waals surface area (Å²) in [5, 5.41) is 4.05. The van der Waals surface area contributed by atoms with Crippen LogP contribution in [0, 0.1) is 0 Å². The van der Waals surface area contributed by atoms with Gasteiger partial charge in [0, 0.05) is 32.6 Å². The van der Waals surface area contributed by atoms with Crippen LogP contribution in [0.4, 0.5) is 0 Å². The predicted molar refractivity (Wildman–Crippen MR) is 64.3 cm³/mol. The summed E-state index contributed by atoms with van der Waals surface area (Å²) in [5.41, 5.74) is 1.01. The van der Waals surface area contributed by atoms with E-state index in [4.69, 9.17) is 0 Å². The average molecular weight is 223 g/mol. The van der Waals surface area contributed by atoms with E-state index in [2.05, 4.69) is 23.8 Å². The highest BCUT2D eigenvalue weighted by Crippen LogP contribution is 2.01. The molecule has 0 fully saturated rings. The topological polar surface area (TPSA) is 38.1 Å². The van der Waals surface area contributed by atoms with Crippen LogP contribution in [0.25, 0.3) is 0 Å². The van der Waals surface area contributed by atoms with E-state index in [9.17, 15) is 4.79 Å². The molecule has 0 bridgehead atoms. The highest BCUT2D eigenvalue weighted by Gasteiger charge is 2.07. The second-order valence-electron chi connectivity index (χ2n) is 4.01. The zero-order chi connectivity index (χ0) is 12.0. The van der Waals surface area contributed by atoms with E-state index in [1.165, 1.54) is 0 Å². The van der Waals surface area contributed by atoms with Gasteiger partial charge in [-0.25, -0.2) is 0 Å². The van der Waals surface area contributed by atoms with Gasteiger partial charge in [-0.1, -0.05) is 13.8 Å². The Morgan fingerprint density at radius 3 is 2.62 bits per heavy atom. The fourth-order valence-corrected chi connectivity index (χ4v) is 1.70. The lowest BCUT2D eigenvalue weighted by atomic mass is 10.1. The average Bonchev–Trinajstić information content (AvgIpc) is 2.65. The van der Waals surface area contributed by atoms with Crippen molar-refractivity contribution in [3.8, 4) is 0 Å². The lowest BCUT2D eigenvalue weighted by molar-refractivity contribution is -0.118. The molecule has 0 aliphatic carbocycles. The molecule has 1 rings (SSSR count). The van der Waals surface area contributed by atoms with E-state index in [0.29, 0.717) is 18.6 Å². The van der Waals surface area contributed by atoms with Crippen molar-refractivity contribution in [1.82, 2.24) is 14.7 Å². The van der Waals surface area contributed by atoms with Crippen molar-refractivity contribution in [3.05, 3.63) is 18.0 Å². The first kappa shape index (κ1) is 12.9. The standard InChI is InChI=1S/C12H21N3O/c1-4-15(5-2)7-6-12(16)8-11-9-13-14(3)10-11/h9-10H,4-8H2,1-3H3. The number of aryl methyl sites for hydroxylation is 1. The maximum atomic E-state index is 11.7. The number of aromatic nitrogens is 2. The van der Waals surface area contributed by atoms with Crippen LogP contribution in [0.15, 0.2) is 12.4 Å². The fourth-order valence-electron chi connectivity index (χ4n) is 1.70. The smallest absolute Gasteiger partial charge is 0.138 e. The van der Waals surface area contributed by atoms with Gasteiger partial charge in [-0.2, -0.15) is 5.10 Å². The molecule has 0 aliphatic heterocycles. The summed E-state index contributed by atoms with van der Waals surface area (Å²) in [6.45, 7) is 7.13. The van der Waals surface area contributed by atoms with Crippen molar-refractivity contribution in [1.29, 1.82) is 0 Å². The maximum Gasteiger partial charge on any atom is 0.138 e. The van der Waals surface area contributed by atoms with E-state index in [1.807, 2.05) is 13.2 Å². The Hall–Kier alpha value is -1.16. The van der Waals surface area contributed by atoms with Crippen molar-refractivity contribution in [2.45, 2.75) is 26.7 Å². The molecule has 1 aromatic heterocycles. The van der Waals surface area contributed by atoms with Gasteiger partial charge in [0.1, 0.15) is 5.78 Å². The zero-order valence-corrected chi connectivity index (χ0v) is 10.4. The van der Waals surface area contributed by atoms with Crippen molar-refractivity contribution in [2.24, 2.45) is 7.05 Å².